The quantitative estimate of drug-likeness (QED) is 0.175. The predicted molar refractivity (Wildman–Crippen MR) is 130 cm³/mol. The van der Waals surface area contributed by atoms with Gasteiger partial charge in [0.25, 0.3) is 25.9 Å². The molecule has 0 spiro atoms. The second kappa shape index (κ2) is 8.86. The lowest BCUT2D eigenvalue weighted by atomic mass is 9.77. The second-order valence-corrected chi connectivity index (χ2v) is 11.7. The molecule has 2 atom stereocenters. The highest BCUT2D eigenvalue weighted by atomic mass is 127. The van der Waals surface area contributed by atoms with Gasteiger partial charge in [0.1, 0.15) is 0 Å². The fourth-order valence-corrected chi connectivity index (χ4v) is 6.53. The van der Waals surface area contributed by atoms with E-state index in [1.165, 1.54) is 12.1 Å². The highest BCUT2D eigenvalue weighted by Crippen LogP contribution is 2.53. The highest BCUT2D eigenvalue weighted by molar-refractivity contribution is 14.1. The summed E-state index contributed by atoms with van der Waals surface area (Å²) in [5.41, 5.74) is -0.644. The Kier molecular flexibility index (Phi) is 6.34. The first kappa shape index (κ1) is 25.0. The van der Waals surface area contributed by atoms with E-state index in [0.29, 0.717) is 3.57 Å². The highest BCUT2D eigenvalue weighted by Gasteiger charge is 2.56. The van der Waals surface area contributed by atoms with Gasteiger partial charge in [-0.3, -0.25) is 19.2 Å². The molecule has 0 bridgehead atoms. The second-order valence-electron chi connectivity index (χ2n) is 7.37. The first-order valence-corrected chi connectivity index (χ1v) is 13.4. The summed E-state index contributed by atoms with van der Waals surface area (Å²) >= 11 is 1.98. The molecule has 182 valence electrons. The van der Waals surface area contributed by atoms with Crippen LogP contribution in [0.5, 0.6) is 0 Å². The van der Waals surface area contributed by atoms with Crippen LogP contribution in [-0.2, 0) is 25.0 Å². The maximum atomic E-state index is 13.2. The lowest BCUT2D eigenvalue weighted by Crippen LogP contribution is -2.44. The van der Waals surface area contributed by atoms with Crippen molar-refractivity contribution < 1.29 is 30.9 Å². The molecule has 2 unspecified atom stereocenters. The molecule has 3 aromatic rings. The van der Waals surface area contributed by atoms with E-state index in [-0.39, 0.29) is 22.5 Å². The number of tetrazole rings is 1. The first-order chi connectivity index (χ1) is 16.3. The van der Waals surface area contributed by atoms with Crippen LogP contribution in [0, 0.1) is 13.7 Å². The van der Waals surface area contributed by atoms with Gasteiger partial charge in [-0.15, -0.1) is 15.0 Å². The van der Waals surface area contributed by atoms with Gasteiger partial charge in [0.05, 0.1) is 21.4 Å². The first-order valence-electron chi connectivity index (χ1n) is 9.47. The van der Waals surface area contributed by atoms with Crippen LogP contribution in [0.3, 0.4) is 0 Å². The fourth-order valence-electron chi connectivity index (χ4n) is 3.94. The van der Waals surface area contributed by atoms with Gasteiger partial charge in [0, 0.05) is 15.7 Å². The van der Waals surface area contributed by atoms with Gasteiger partial charge >= 0.3 is 0 Å². The molecule has 0 saturated carbocycles. The molecule has 2 aromatic carbocycles. The average Bonchev–Trinajstić information content (AvgIpc) is 3.32. The number of hydrogen-bond donors (Lipinski definition) is 2. The number of non-ortho nitro benzene ring substituents is 1. The van der Waals surface area contributed by atoms with Gasteiger partial charge in [-0.05, 0) is 63.2 Å². The zero-order valence-electron chi connectivity index (χ0n) is 17.2. The van der Waals surface area contributed by atoms with E-state index in [9.17, 15) is 36.1 Å². The van der Waals surface area contributed by atoms with Gasteiger partial charge in [0.15, 0.2) is 11.1 Å². The molecule has 4 rings (SSSR count). The number of nitro benzene ring substituents is 1. The number of hydrogen-bond acceptors (Lipinski definition) is 9. The topological polar surface area (TPSA) is 195 Å². The van der Waals surface area contributed by atoms with Crippen LogP contribution in [0.2, 0.25) is 0 Å². The zero-order valence-corrected chi connectivity index (χ0v) is 21.0. The Morgan fingerprint density at radius 3 is 2.14 bits per heavy atom. The molecule has 35 heavy (non-hydrogen) atoms. The summed E-state index contributed by atoms with van der Waals surface area (Å²) in [5, 5.41) is 22.1. The number of aromatic nitrogens is 4. The molecule has 16 heteroatoms. The van der Waals surface area contributed by atoms with Crippen LogP contribution in [0.25, 0.3) is 5.70 Å². The van der Waals surface area contributed by atoms with E-state index < -0.39 is 40.7 Å². The Balaban J connectivity index is 2.15. The van der Waals surface area contributed by atoms with Crippen molar-refractivity contribution >= 4 is 54.2 Å². The molecule has 0 saturated heterocycles. The minimum absolute atomic E-state index is 0.0440. The summed E-state index contributed by atoms with van der Waals surface area (Å²) in [6.07, 6.45) is 3.01. The van der Waals surface area contributed by atoms with Crippen molar-refractivity contribution in [3.63, 3.8) is 0 Å². The van der Waals surface area contributed by atoms with E-state index in [0.717, 1.165) is 47.5 Å². The summed E-state index contributed by atoms with van der Waals surface area (Å²) in [6, 6.07) is 10.3. The van der Waals surface area contributed by atoms with E-state index >= 15 is 0 Å². The zero-order chi connectivity index (χ0) is 25.6. The van der Waals surface area contributed by atoms with E-state index in [4.69, 9.17) is 0 Å². The van der Waals surface area contributed by atoms with Gasteiger partial charge in [0.2, 0.25) is 0 Å². The van der Waals surface area contributed by atoms with Crippen molar-refractivity contribution in [1.29, 1.82) is 0 Å². The van der Waals surface area contributed by atoms with Crippen molar-refractivity contribution in [2.45, 2.75) is 10.7 Å². The Morgan fingerprint density at radius 1 is 1.03 bits per heavy atom. The third-order valence-electron chi connectivity index (χ3n) is 5.40. The lowest BCUT2D eigenvalue weighted by molar-refractivity contribution is -0.384. The largest absolute Gasteiger partial charge is 0.291 e. The van der Waals surface area contributed by atoms with Gasteiger partial charge < -0.3 is 0 Å². The SMILES string of the molecule is O=[N+]([O-])c1ccc(C2C(S(=O)(=O)O)=CC(n3ncnn3)=CC2(c2ccc(I)cc2)S(=O)(=O)O)cc1. The molecular weight excluding hydrogens is 617 g/mol. The number of rotatable bonds is 6. The van der Waals surface area contributed by atoms with E-state index in [2.05, 4.69) is 15.4 Å². The van der Waals surface area contributed by atoms with E-state index in [1.807, 2.05) is 22.6 Å². The summed E-state index contributed by atoms with van der Waals surface area (Å²) in [5.74, 6) is -1.75. The smallest absolute Gasteiger partial charge is 0.285 e. The minimum atomic E-state index is -5.21. The maximum absolute atomic E-state index is 13.2. The Bertz CT molecular complexity index is 1570. The Morgan fingerprint density at radius 2 is 1.66 bits per heavy atom. The molecule has 0 fully saturated rings. The van der Waals surface area contributed by atoms with Crippen LogP contribution in [0.1, 0.15) is 17.0 Å². The number of nitrogens with zero attached hydrogens (tertiary/aromatic N) is 5. The molecule has 0 radical (unpaired) electrons. The van der Waals surface area contributed by atoms with Crippen molar-refractivity contribution in [2.75, 3.05) is 0 Å². The molecule has 0 amide bonds. The summed E-state index contributed by atoms with van der Waals surface area (Å²) < 4.78 is 70.5. The van der Waals surface area contributed by atoms with Crippen LogP contribution in [0.15, 0.2) is 71.9 Å². The third-order valence-corrected chi connectivity index (χ3v) is 8.51. The molecule has 1 aromatic heterocycles. The number of allylic oxidation sites excluding steroid dienone is 3. The standard InChI is InChI=1S/C19H14IN5O8S2/c20-14-5-3-13(4-6-14)19(35(31,32)33)10-16(24-22-11-21-23-24)9-17(34(28,29)30)18(19)12-1-7-15(8-2-12)25(26)27/h1-11,18H,(H,28,29,30)(H,31,32,33). The van der Waals surface area contributed by atoms with Crippen LogP contribution in [0.4, 0.5) is 5.69 Å². The lowest BCUT2D eigenvalue weighted by Gasteiger charge is -2.39. The van der Waals surface area contributed by atoms with Crippen molar-refractivity contribution in [3.8, 4) is 0 Å². The third kappa shape index (κ3) is 4.49. The number of nitro groups is 1. The van der Waals surface area contributed by atoms with Crippen molar-refractivity contribution in [3.05, 3.63) is 96.7 Å². The van der Waals surface area contributed by atoms with Crippen molar-refractivity contribution in [1.82, 2.24) is 20.2 Å². The molecule has 1 heterocycles. The molecule has 13 nitrogen and oxygen atoms in total. The monoisotopic (exact) mass is 631 g/mol. The molecule has 1 aliphatic carbocycles. The summed E-state index contributed by atoms with van der Waals surface area (Å²) in [6.45, 7) is 0. The molecule has 2 N–H and O–H groups in total. The van der Waals surface area contributed by atoms with Crippen LogP contribution < -0.4 is 0 Å². The van der Waals surface area contributed by atoms with Gasteiger partial charge in [-0.2, -0.15) is 16.8 Å². The van der Waals surface area contributed by atoms with Gasteiger partial charge in [-0.25, -0.2) is 0 Å². The minimum Gasteiger partial charge on any atom is -0.285 e. The summed E-state index contributed by atoms with van der Waals surface area (Å²) in [4.78, 5) is 10.4. The average molecular weight is 631 g/mol. The number of benzene rings is 2. The van der Waals surface area contributed by atoms with Crippen molar-refractivity contribution in [2.24, 2.45) is 0 Å². The fraction of sp³-hybridized carbons (Fsp3) is 0.105. The van der Waals surface area contributed by atoms with Crippen LogP contribution >= 0.6 is 22.6 Å². The normalized spacial score (nSPS) is 20.7. The molecular formula is C19H14IN5O8S2. The van der Waals surface area contributed by atoms with E-state index in [1.54, 1.807) is 12.1 Å². The Labute approximate surface area is 212 Å². The Hall–Kier alpha value is -3.06. The maximum Gasteiger partial charge on any atom is 0.291 e. The predicted octanol–water partition coefficient (Wildman–Crippen LogP) is 2.38. The molecule has 1 aliphatic rings. The summed E-state index contributed by atoms with van der Waals surface area (Å²) in [7, 11) is -10.3. The molecule has 0 aliphatic heterocycles. The number of halogens is 1. The van der Waals surface area contributed by atoms with Gasteiger partial charge in [-0.1, -0.05) is 24.3 Å². The van der Waals surface area contributed by atoms with Crippen LogP contribution in [-0.4, -0.2) is 51.1 Å².